The number of benzene rings is 1. The van der Waals surface area contributed by atoms with Gasteiger partial charge in [-0.25, -0.2) is 0 Å². The molecule has 23 heavy (non-hydrogen) atoms. The summed E-state index contributed by atoms with van der Waals surface area (Å²) in [4.78, 5) is 7.03. The number of hydrogen-bond acceptors (Lipinski definition) is 5. The van der Waals surface area contributed by atoms with Crippen molar-refractivity contribution in [3.05, 3.63) is 36.2 Å². The van der Waals surface area contributed by atoms with E-state index in [0.717, 1.165) is 31.6 Å². The van der Waals surface area contributed by atoms with E-state index in [2.05, 4.69) is 22.0 Å². The van der Waals surface area contributed by atoms with E-state index in [0.29, 0.717) is 18.3 Å². The Kier molecular flexibility index (Phi) is 5.08. The first kappa shape index (κ1) is 16.1. The van der Waals surface area contributed by atoms with E-state index < -0.39 is 0 Å². The van der Waals surface area contributed by atoms with Crippen LogP contribution in [0.2, 0.25) is 0 Å². The van der Waals surface area contributed by atoms with Gasteiger partial charge in [-0.3, -0.25) is 4.90 Å². The van der Waals surface area contributed by atoms with E-state index in [9.17, 15) is 0 Å². The van der Waals surface area contributed by atoms with Crippen LogP contribution in [0.25, 0.3) is 11.4 Å². The molecule has 1 aliphatic rings. The maximum Gasteiger partial charge on any atom is 0.241 e. The summed E-state index contributed by atoms with van der Waals surface area (Å²) < 4.78 is 11.0. The maximum absolute atomic E-state index is 5.52. The Hall–Kier alpha value is -1.72. The summed E-state index contributed by atoms with van der Waals surface area (Å²) >= 11 is 0. The molecular formula is C18H25N3O2. The first-order chi connectivity index (χ1) is 11.3. The molecule has 0 N–H and O–H groups in total. The molecule has 1 unspecified atom stereocenters. The van der Waals surface area contributed by atoms with Crippen LogP contribution in [0.15, 0.2) is 34.9 Å². The molecule has 1 aromatic heterocycles. The van der Waals surface area contributed by atoms with Crippen molar-refractivity contribution in [2.75, 3.05) is 20.3 Å². The predicted molar refractivity (Wildman–Crippen MR) is 88.9 cm³/mol. The lowest BCUT2D eigenvalue weighted by molar-refractivity contribution is 0.0212. The van der Waals surface area contributed by atoms with Gasteiger partial charge in [-0.15, -0.1) is 0 Å². The Bertz CT molecular complexity index is 606. The highest BCUT2D eigenvalue weighted by Gasteiger charge is 2.40. The smallest absolute Gasteiger partial charge is 0.241 e. The van der Waals surface area contributed by atoms with Crippen molar-refractivity contribution in [3.63, 3.8) is 0 Å². The van der Waals surface area contributed by atoms with E-state index >= 15 is 0 Å². The van der Waals surface area contributed by atoms with E-state index in [4.69, 9.17) is 9.26 Å². The predicted octanol–water partition coefficient (Wildman–Crippen LogP) is 3.52. The summed E-state index contributed by atoms with van der Waals surface area (Å²) in [6.45, 7) is 4.75. The molecule has 0 saturated carbocycles. The quantitative estimate of drug-likeness (QED) is 0.782. The van der Waals surface area contributed by atoms with Gasteiger partial charge in [-0.1, -0.05) is 48.8 Å². The van der Waals surface area contributed by atoms with Crippen LogP contribution in [-0.4, -0.2) is 40.8 Å². The Labute approximate surface area is 137 Å². The third-order valence-corrected chi connectivity index (χ3v) is 4.70. The lowest BCUT2D eigenvalue weighted by Gasteiger charge is -2.37. The van der Waals surface area contributed by atoms with E-state index in [1.54, 1.807) is 7.11 Å². The molecule has 1 atom stereocenters. The normalized spacial score (nSPS) is 21.8. The van der Waals surface area contributed by atoms with Crippen LogP contribution in [-0.2, 0) is 11.3 Å². The molecular weight excluding hydrogens is 290 g/mol. The molecule has 124 valence electrons. The van der Waals surface area contributed by atoms with Gasteiger partial charge in [0.2, 0.25) is 11.7 Å². The molecule has 0 spiro atoms. The van der Waals surface area contributed by atoms with Crippen molar-refractivity contribution < 1.29 is 9.26 Å². The van der Waals surface area contributed by atoms with Crippen LogP contribution >= 0.6 is 0 Å². The minimum atomic E-state index is 0.116. The Balaban J connectivity index is 1.75. The van der Waals surface area contributed by atoms with Gasteiger partial charge in [-0.05, 0) is 25.8 Å². The zero-order valence-electron chi connectivity index (χ0n) is 14.0. The van der Waals surface area contributed by atoms with Gasteiger partial charge in [0, 0.05) is 18.2 Å². The monoisotopic (exact) mass is 315 g/mol. The molecule has 0 aliphatic carbocycles. The van der Waals surface area contributed by atoms with Gasteiger partial charge in [0.25, 0.3) is 0 Å². The molecule has 5 nitrogen and oxygen atoms in total. The van der Waals surface area contributed by atoms with Gasteiger partial charge >= 0.3 is 0 Å². The molecule has 1 aromatic carbocycles. The number of ether oxygens (including phenoxy) is 1. The number of aromatic nitrogens is 2. The Morgan fingerprint density at radius 1 is 1.30 bits per heavy atom. The minimum Gasteiger partial charge on any atom is -0.383 e. The first-order valence-electron chi connectivity index (χ1n) is 8.39. The molecule has 0 amide bonds. The van der Waals surface area contributed by atoms with Crippen molar-refractivity contribution in [3.8, 4) is 11.4 Å². The summed E-state index contributed by atoms with van der Waals surface area (Å²) in [7, 11) is 1.79. The fourth-order valence-corrected chi connectivity index (χ4v) is 3.68. The third-order valence-electron chi connectivity index (χ3n) is 4.70. The van der Waals surface area contributed by atoms with Crippen LogP contribution in [0.4, 0.5) is 0 Å². The maximum atomic E-state index is 5.52. The lowest BCUT2D eigenvalue weighted by atomic mass is 9.91. The fraction of sp³-hybridized carbons (Fsp3) is 0.556. The fourth-order valence-electron chi connectivity index (χ4n) is 3.68. The molecule has 2 heterocycles. The topological polar surface area (TPSA) is 51.4 Å². The highest BCUT2D eigenvalue weighted by atomic mass is 16.5. The summed E-state index contributed by atoms with van der Waals surface area (Å²) in [5.41, 5.74) is 1.10. The van der Waals surface area contributed by atoms with Gasteiger partial charge < -0.3 is 9.26 Å². The summed E-state index contributed by atoms with van der Waals surface area (Å²) in [6.07, 6.45) is 4.66. The second-order valence-corrected chi connectivity index (χ2v) is 6.31. The average molecular weight is 315 g/mol. The van der Waals surface area contributed by atoms with Crippen molar-refractivity contribution in [1.29, 1.82) is 0 Å². The highest BCUT2D eigenvalue weighted by Crippen LogP contribution is 2.35. The van der Waals surface area contributed by atoms with Crippen LogP contribution < -0.4 is 0 Å². The number of nitrogens with zero attached hydrogens (tertiary/aromatic N) is 3. The molecule has 0 bridgehead atoms. The zero-order valence-corrected chi connectivity index (χ0v) is 14.0. The Morgan fingerprint density at radius 3 is 2.87 bits per heavy atom. The second-order valence-electron chi connectivity index (χ2n) is 6.31. The Morgan fingerprint density at radius 2 is 2.13 bits per heavy atom. The van der Waals surface area contributed by atoms with Crippen molar-refractivity contribution in [1.82, 2.24) is 15.0 Å². The SMILES string of the molecule is CCCC1(COC)CCCN1Cc1nc(-c2ccccc2)no1. The van der Waals surface area contributed by atoms with Crippen LogP contribution in [0.3, 0.4) is 0 Å². The summed E-state index contributed by atoms with van der Waals surface area (Å²) in [5, 5.41) is 4.12. The third kappa shape index (κ3) is 3.46. The van der Waals surface area contributed by atoms with Crippen molar-refractivity contribution in [2.45, 2.75) is 44.7 Å². The summed E-state index contributed by atoms with van der Waals surface area (Å²) in [5.74, 6) is 1.34. The lowest BCUT2D eigenvalue weighted by Crippen LogP contribution is -2.47. The molecule has 3 rings (SSSR count). The number of likely N-dealkylation sites (tertiary alicyclic amines) is 1. The van der Waals surface area contributed by atoms with Gasteiger partial charge in [-0.2, -0.15) is 4.98 Å². The molecule has 2 aromatic rings. The second kappa shape index (κ2) is 7.23. The molecule has 1 aliphatic heterocycles. The minimum absolute atomic E-state index is 0.116. The van der Waals surface area contributed by atoms with Gasteiger partial charge in [0.15, 0.2) is 0 Å². The van der Waals surface area contributed by atoms with E-state index in [1.165, 1.54) is 12.8 Å². The molecule has 1 saturated heterocycles. The van der Waals surface area contributed by atoms with Crippen LogP contribution in [0.5, 0.6) is 0 Å². The standard InChI is InChI=1S/C18H25N3O2/c1-3-10-18(14-22-2)11-7-12-21(18)13-16-19-17(20-23-16)15-8-5-4-6-9-15/h4-6,8-9H,3,7,10-14H2,1-2H3. The average Bonchev–Trinajstić information content (AvgIpc) is 3.18. The number of rotatable bonds is 7. The largest absolute Gasteiger partial charge is 0.383 e. The zero-order chi connectivity index (χ0) is 16.1. The highest BCUT2D eigenvalue weighted by molar-refractivity contribution is 5.53. The van der Waals surface area contributed by atoms with Crippen molar-refractivity contribution >= 4 is 0 Å². The summed E-state index contributed by atoms with van der Waals surface area (Å²) in [6, 6.07) is 9.94. The van der Waals surface area contributed by atoms with E-state index in [-0.39, 0.29) is 5.54 Å². The number of methoxy groups -OCH3 is 1. The van der Waals surface area contributed by atoms with Crippen molar-refractivity contribution in [2.24, 2.45) is 0 Å². The van der Waals surface area contributed by atoms with Crippen LogP contribution in [0.1, 0.15) is 38.5 Å². The first-order valence-corrected chi connectivity index (χ1v) is 8.39. The molecule has 0 radical (unpaired) electrons. The van der Waals surface area contributed by atoms with E-state index in [1.807, 2.05) is 30.3 Å². The van der Waals surface area contributed by atoms with Crippen LogP contribution in [0, 0.1) is 0 Å². The molecule has 1 fully saturated rings. The van der Waals surface area contributed by atoms with Gasteiger partial charge in [0.1, 0.15) is 0 Å². The molecule has 5 heteroatoms. The van der Waals surface area contributed by atoms with Gasteiger partial charge in [0.05, 0.1) is 13.2 Å². The number of hydrogen-bond donors (Lipinski definition) is 0.